The molecule has 0 aromatic heterocycles. The number of rotatable bonds is 7. The smallest absolute Gasteiger partial charge is 0.308 e. The molecule has 1 N–H and O–H groups in total. The summed E-state index contributed by atoms with van der Waals surface area (Å²) in [7, 11) is 0. The van der Waals surface area contributed by atoms with Gasteiger partial charge in [0.05, 0.1) is 12.5 Å². The summed E-state index contributed by atoms with van der Waals surface area (Å²) >= 11 is 0. The van der Waals surface area contributed by atoms with Crippen molar-refractivity contribution in [1.29, 1.82) is 0 Å². The first-order valence-corrected chi connectivity index (χ1v) is 10.6. The lowest BCUT2D eigenvalue weighted by Gasteiger charge is -2.37. The molecule has 3 nitrogen and oxygen atoms in total. The van der Waals surface area contributed by atoms with Gasteiger partial charge in [-0.1, -0.05) is 75.7 Å². The van der Waals surface area contributed by atoms with E-state index < -0.39 is 0 Å². The molecule has 3 rings (SSSR count). The Balaban J connectivity index is 1.70. The molecule has 1 aliphatic carbocycles. The molecule has 0 aliphatic heterocycles. The Bertz CT molecular complexity index is 729. The van der Waals surface area contributed by atoms with Crippen LogP contribution in [0.1, 0.15) is 58.1 Å². The van der Waals surface area contributed by atoms with Crippen LogP contribution in [-0.2, 0) is 9.53 Å². The largest absolute Gasteiger partial charge is 0.462 e. The highest BCUT2D eigenvalue weighted by atomic mass is 16.5. The predicted molar refractivity (Wildman–Crippen MR) is 115 cm³/mol. The van der Waals surface area contributed by atoms with Gasteiger partial charge < -0.3 is 10.1 Å². The first kappa shape index (κ1) is 20.4. The molecule has 1 aliphatic rings. The van der Waals surface area contributed by atoms with E-state index in [0.29, 0.717) is 24.2 Å². The number of para-hydroxylation sites is 1. The van der Waals surface area contributed by atoms with Crippen molar-refractivity contribution in [3.8, 4) is 0 Å². The second-order valence-electron chi connectivity index (χ2n) is 8.53. The molecule has 4 atom stereocenters. The van der Waals surface area contributed by atoms with Gasteiger partial charge in [-0.25, -0.2) is 0 Å². The SMILES string of the molecule is CC(C)[C@@H]1CC[C@@H](C)C[C@H]1OC(=O)C[C@@H](Nc1ccccc1)c1ccccc1. The van der Waals surface area contributed by atoms with Crippen LogP contribution in [-0.4, -0.2) is 12.1 Å². The topological polar surface area (TPSA) is 38.3 Å². The van der Waals surface area contributed by atoms with E-state index in [4.69, 9.17) is 4.74 Å². The van der Waals surface area contributed by atoms with Crippen molar-refractivity contribution in [3.63, 3.8) is 0 Å². The Hall–Kier alpha value is -2.29. The van der Waals surface area contributed by atoms with Crippen molar-refractivity contribution >= 4 is 11.7 Å². The molecule has 0 saturated heterocycles. The normalized spacial score (nSPS) is 23.2. The van der Waals surface area contributed by atoms with Crippen molar-refractivity contribution in [2.24, 2.45) is 17.8 Å². The first-order valence-electron chi connectivity index (χ1n) is 10.6. The van der Waals surface area contributed by atoms with Crippen LogP contribution >= 0.6 is 0 Å². The molecule has 0 unspecified atom stereocenters. The number of benzene rings is 2. The van der Waals surface area contributed by atoms with Gasteiger partial charge in [-0.15, -0.1) is 0 Å². The zero-order valence-electron chi connectivity index (χ0n) is 17.3. The Kier molecular flexibility index (Phi) is 7.13. The van der Waals surface area contributed by atoms with Crippen molar-refractivity contribution in [1.82, 2.24) is 0 Å². The molecule has 2 aromatic rings. The molecule has 0 bridgehead atoms. The third-order valence-electron chi connectivity index (χ3n) is 5.93. The van der Waals surface area contributed by atoms with E-state index in [-0.39, 0.29) is 18.1 Å². The highest BCUT2D eigenvalue weighted by Crippen LogP contribution is 2.36. The van der Waals surface area contributed by atoms with E-state index in [2.05, 4.69) is 38.2 Å². The molecule has 0 heterocycles. The zero-order chi connectivity index (χ0) is 19.9. The van der Waals surface area contributed by atoms with E-state index in [0.717, 1.165) is 24.1 Å². The minimum absolute atomic E-state index is 0.0457. The fraction of sp³-hybridized carbons (Fsp3) is 0.480. The Morgan fingerprint density at radius 3 is 2.32 bits per heavy atom. The molecular weight excluding hydrogens is 346 g/mol. The van der Waals surface area contributed by atoms with E-state index >= 15 is 0 Å². The van der Waals surface area contributed by atoms with Gasteiger partial charge in [0, 0.05) is 5.69 Å². The zero-order valence-corrected chi connectivity index (χ0v) is 17.3. The number of anilines is 1. The average molecular weight is 380 g/mol. The summed E-state index contributed by atoms with van der Waals surface area (Å²) in [4.78, 5) is 12.9. The monoisotopic (exact) mass is 379 g/mol. The summed E-state index contributed by atoms with van der Waals surface area (Å²) in [5.41, 5.74) is 2.11. The predicted octanol–water partition coefficient (Wildman–Crippen LogP) is 6.23. The lowest BCUT2D eigenvalue weighted by molar-refractivity contribution is -0.156. The van der Waals surface area contributed by atoms with Crippen LogP contribution in [0.2, 0.25) is 0 Å². The van der Waals surface area contributed by atoms with Crippen molar-refractivity contribution in [2.45, 2.75) is 58.6 Å². The number of esters is 1. The van der Waals surface area contributed by atoms with E-state index in [1.807, 2.05) is 48.5 Å². The number of carbonyl (C=O) groups is 1. The van der Waals surface area contributed by atoms with Crippen molar-refractivity contribution < 1.29 is 9.53 Å². The molecule has 1 saturated carbocycles. The fourth-order valence-corrected chi connectivity index (χ4v) is 4.31. The average Bonchev–Trinajstić information content (AvgIpc) is 2.69. The maximum absolute atomic E-state index is 12.9. The summed E-state index contributed by atoms with van der Waals surface area (Å²) in [6, 6.07) is 20.1. The molecule has 1 fully saturated rings. The summed E-state index contributed by atoms with van der Waals surface area (Å²) in [6.07, 6.45) is 3.75. The van der Waals surface area contributed by atoms with Crippen LogP contribution in [0.5, 0.6) is 0 Å². The lowest BCUT2D eigenvalue weighted by atomic mass is 9.75. The van der Waals surface area contributed by atoms with Gasteiger partial charge in [0.1, 0.15) is 6.10 Å². The van der Waals surface area contributed by atoms with Crippen LogP contribution in [0.25, 0.3) is 0 Å². The van der Waals surface area contributed by atoms with Crippen molar-refractivity contribution in [3.05, 3.63) is 66.2 Å². The van der Waals surface area contributed by atoms with Gasteiger partial charge in [0.2, 0.25) is 0 Å². The second-order valence-corrected chi connectivity index (χ2v) is 8.53. The molecule has 0 amide bonds. The maximum atomic E-state index is 12.9. The number of hydrogen-bond acceptors (Lipinski definition) is 3. The third kappa shape index (κ3) is 5.60. The van der Waals surface area contributed by atoms with Crippen LogP contribution in [0.4, 0.5) is 5.69 Å². The van der Waals surface area contributed by atoms with E-state index in [9.17, 15) is 4.79 Å². The highest BCUT2D eigenvalue weighted by molar-refractivity contribution is 5.71. The summed E-state index contributed by atoms with van der Waals surface area (Å²) in [5.74, 6) is 1.53. The molecule has 3 heteroatoms. The molecular formula is C25H33NO2. The van der Waals surface area contributed by atoms with E-state index in [1.165, 1.54) is 6.42 Å². The molecule has 2 aromatic carbocycles. The molecule has 28 heavy (non-hydrogen) atoms. The summed E-state index contributed by atoms with van der Waals surface area (Å²) in [6.45, 7) is 6.75. The van der Waals surface area contributed by atoms with Crippen LogP contribution in [0.15, 0.2) is 60.7 Å². The second kappa shape index (κ2) is 9.77. The van der Waals surface area contributed by atoms with Gasteiger partial charge in [-0.2, -0.15) is 0 Å². The molecule has 0 spiro atoms. The molecule has 0 radical (unpaired) electrons. The lowest BCUT2D eigenvalue weighted by Crippen LogP contribution is -2.36. The summed E-state index contributed by atoms with van der Waals surface area (Å²) < 4.78 is 6.05. The number of hydrogen-bond donors (Lipinski definition) is 1. The minimum atomic E-state index is -0.109. The van der Waals surface area contributed by atoms with Gasteiger partial charge >= 0.3 is 5.97 Å². The van der Waals surface area contributed by atoms with Gasteiger partial charge in [-0.05, 0) is 48.3 Å². The minimum Gasteiger partial charge on any atom is -0.462 e. The highest BCUT2D eigenvalue weighted by Gasteiger charge is 2.33. The van der Waals surface area contributed by atoms with Gasteiger partial charge in [0.25, 0.3) is 0 Å². The first-order chi connectivity index (χ1) is 13.5. The third-order valence-corrected chi connectivity index (χ3v) is 5.93. The number of ether oxygens (including phenoxy) is 1. The Morgan fingerprint density at radius 2 is 1.68 bits per heavy atom. The van der Waals surface area contributed by atoms with Crippen LogP contribution in [0, 0.1) is 17.8 Å². The van der Waals surface area contributed by atoms with E-state index in [1.54, 1.807) is 0 Å². The van der Waals surface area contributed by atoms with Crippen molar-refractivity contribution in [2.75, 3.05) is 5.32 Å². The number of nitrogens with one attached hydrogen (secondary N) is 1. The molecule has 150 valence electrons. The van der Waals surface area contributed by atoms with Gasteiger partial charge in [-0.3, -0.25) is 4.79 Å². The fourth-order valence-electron chi connectivity index (χ4n) is 4.31. The van der Waals surface area contributed by atoms with Crippen LogP contribution in [0.3, 0.4) is 0 Å². The Morgan fingerprint density at radius 1 is 1.04 bits per heavy atom. The standard InChI is InChI=1S/C25H33NO2/c1-18(2)22-15-14-19(3)16-24(22)28-25(27)17-23(20-10-6-4-7-11-20)26-21-12-8-5-9-13-21/h4-13,18-19,22-24,26H,14-17H2,1-3H3/t19-,22+,23-,24-/m1/s1. The van der Waals surface area contributed by atoms with Crippen LogP contribution < -0.4 is 5.32 Å². The number of carbonyl (C=O) groups excluding carboxylic acids is 1. The van der Waals surface area contributed by atoms with Gasteiger partial charge in [0.15, 0.2) is 0 Å². The maximum Gasteiger partial charge on any atom is 0.308 e. The summed E-state index contributed by atoms with van der Waals surface area (Å²) in [5, 5.41) is 3.51. The quantitative estimate of drug-likeness (QED) is 0.579. The Labute approximate surface area is 169 Å².